The van der Waals surface area contributed by atoms with Crippen LogP contribution < -0.4 is 0 Å². The zero-order valence-corrected chi connectivity index (χ0v) is 5.46. The van der Waals surface area contributed by atoms with Crippen LogP contribution in [-0.2, 0) is 0 Å². The van der Waals surface area contributed by atoms with E-state index < -0.39 is 0 Å². The predicted octanol–water partition coefficient (Wildman–Crippen LogP) is 1.26. The van der Waals surface area contributed by atoms with Crippen molar-refractivity contribution in [2.75, 3.05) is 0 Å². The molecule has 0 N–H and O–H groups in total. The Labute approximate surface area is 64.0 Å². The lowest BCUT2D eigenvalue weighted by atomic mass is 10.3. The number of alkyl halides is 1. The maximum absolute atomic E-state index is 3.38. The molecular weight excluding hydrogens is 152 g/mol. The average Bonchev–Trinajstić information content (AvgIpc) is 0.722. The molecule has 0 aliphatic heterocycles. The SMILES string of the molecule is CC(C)(C)Br.[MgH2]. The fourth-order valence-electron chi connectivity index (χ4n) is 0. The van der Waals surface area contributed by atoms with Crippen molar-refractivity contribution in [3.63, 3.8) is 0 Å². The Balaban J connectivity index is 0. The minimum absolute atomic E-state index is 0. The van der Waals surface area contributed by atoms with Crippen LogP contribution in [0.5, 0.6) is 0 Å². The van der Waals surface area contributed by atoms with Gasteiger partial charge in [-0.1, -0.05) is 36.7 Å². The minimum atomic E-state index is 0. The van der Waals surface area contributed by atoms with Gasteiger partial charge in [0.25, 0.3) is 0 Å². The lowest BCUT2D eigenvalue weighted by Crippen LogP contribution is -1.97. The molecular formula is C4H11BrMg. The topological polar surface area (TPSA) is 0 Å². The van der Waals surface area contributed by atoms with Gasteiger partial charge >= 0.3 is 23.1 Å². The summed E-state index contributed by atoms with van der Waals surface area (Å²) < 4.78 is 0.312. The smallest absolute Gasteiger partial charge is 0.0862 e. The van der Waals surface area contributed by atoms with Crippen molar-refractivity contribution in [3.8, 4) is 0 Å². The third-order valence-electron chi connectivity index (χ3n) is 0. The molecule has 0 radical (unpaired) electrons. The molecule has 0 unspecified atom stereocenters. The summed E-state index contributed by atoms with van der Waals surface area (Å²) in [6.45, 7) is 6.31. The van der Waals surface area contributed by atoms with Gasteiger partial charge in [0.2, 0.25) is 0 Å². The normalized spacial score (nSPS) is 10.0. The van der Waals surface area contributed by atoms with Gasteiger partial charge in [-0.3, -0.25) is 0 Å². The van der Waals surface area contributed by atoms with Crippen molar-refractivity contribution in [1.29, 1.82) is 0 Å². The fourth-order valence-corrected chi connectivity index (χ4v) is 0. The summed E-state index contributed by atoms with van der Waals surface area (Å²) in [5.41, 5.74) is 0. The molecule has 6 heavy (non-hydrogen) atoms. The molecule has 0 aromatic carbocycles. The molecule has 36 valence electrons. The summed E-state index contributed by atoms with van der Waals surface area (Å²) in [5.74, 6) is 0. The van der Waals surface area contributed by atoms with Gasteiger partial charge in [-0.2, -0.15) is 0 Å². The van der Waals surface area contributed by atoms with E-state index in [0.717, 1.165) is 0 Å². The van der Waals surface area contributed by atoms with Crippen molar-refractivity contribution in [1.82, 2.24) is 0 Å². The minimum Gasteiger partial charge on any atom is -0.0862 e. The molecule has 0 fully saturated rings. The van der Waals surface area contributed by atoms with Crippen molar-refractivity contribution in [3.05, 3.63) is 0 Å². The van der Waals surface area contributed by atoms with E-state index in [2.05, 4.69) is 36.7 Å². The van der Waals surface area contributed by atoms with Gasteiger partial charge in [-0.25, -0.2) is 0 Å². The first kappa shape index (κ1) is 10.3. The van der Waals surface area contributed by atoms with Crippen molar-refractivity contribution in [2.24, 2.45) is 0 Å². The molecule has 0 aromatic heterocycles. The summed E-state index contributed by atoms with van der Waals surface area (Å²) in [6, 6.07) is 0. The Kier molecular flexibility index (Phi) is 5.61. The van der Waals surface area contributed by atoms with E-state index in [1.165, 1.54) is 0 Å². The first-order valence-corrected chi connectivity index (χ1v) is 2.48. The lowest BCUT2D eigenvalue weighted by Gasteiger charge is -2.02. The van der Waals surface area contributed by atoms with Gasteiger partial charge in [0.1, 0.15) is 0 Å². The second-order valence-corrected chi connectivity index (χ2v) is 4.45. The van der Waals surface area contributed by atoms with E-state index in [1.54, 1.807) is 0 Å². The van der Waals surface area contributed by atoms with Crippen LogP contribution in [-0.4, -0.2) is 27.4 Å². The summed E-state index contributed by atoms with van der Waals surface area (Å²) in [7, 11) is 0. The zero-order valence-electron chi connectivity index (χ0n) is 3.88. The highest BCUT2D eigenvalue weighted by atomic mass is 79.9. The number of hydrogen-bond acceptors (Lipinski definition) is 0. The molecule has 0 nitrogen and oxygen atoms in total. The van der Waals surface area contributed by atoms with Gasteiger partial charge < -0.3 is 0 Å². The van der Waals surface area contributed by atoms with Crippen molar-refractivity contribution in [2.45, 2.75) is 25.1 Å². The van der Waals surface area contributed by atoms with Crippen LogP contribution in [0.15, 0.2) is 0 Å². The van der Waals surface area contributed by atoms with Gasteiger partial charge in [-0.05, 0) is 0 Å². The molecule has 0 saturated heterocycles. The molecule has 0 aliphatic carbocycles. The third-order valence-corrected chi connectivity index (χ3v) is 0. The van der Waals surface area contributed by atoms with E-state index in [4.69, 9.17) is 0 Å². The van der Waals surface area contributed by atoms with E-state index in [-0.39, 0.29) is 23.1 Å². The van der Waals surface area contributed by atoms with Crippen molar-refractivity contribution < 1.29 is 0 Å². The zero-order chi connectivity index (χ0) is 4.50. The Morgan fingerprint density at radius 1 is 1.17 bits per heavy atom. The van der Waals surface area contributed by atoms with E-state index in [9.17, 15) is 0 Å². The summed E-state index contributed by atoms with van der Waals surface area (Å²) in [4.78, 5) is 0. The quantitative estimate of drug-likeness (QED) is 0.373. The van der Waals surface area contributed by atoms with Crippen LogP contribution in [0.3, 0.4) is 0 Å². The summed E-state index contributed by atoms with van der Waals surface area (Å²) in [6.07, 6.45) is 0. The molecule has 0 atom stereocenters. The number of rotatable bonds is 0. The Morgan fingerprint density at radius 3 is 1.17 bits per heavy atom. The summed E-state index contributed by atoms with van der Waals surface area (Å²) in [5, 5.41) is 0. The molecule has 0 saturated carbocycles. The maximum atomic E-state index is 3.38. The van der Waals surface area contributed by atoms with Crippen LogP contribution in [0.2, 0.25) is 0 Å². The monoisotopic (exact) mass is 162 g/mol. The molecule has 0 aliphatic rings. The predicted molar refractivity (Wildman–Crippen MR) is 37.2 cm³/mol. The number of hydrogen-bond donors (Lipinski definition) is 0. The van der Waals surface area contributed by atoms with E-state index >= 15 is 0 Å². The van der Waals surface area contributed by atoms with E-state index in [1.807, 2.05) is 0 Å². The van der Waals surface area contributed by atoms with Crippen LogP contribution in [0.25, 0.3) is 0 Å². The molecule has 0 spiro atoms. The maximum Gasteiger partial charge on any atom is 0.316 e. The van der Waals surface area contributed by atoms with Gasteiger partial charge in [-0.15, -0.1) is 0 Å². The standard InChI is InChI=1S/C4H9Br.Mg.2H/c1-4(2,3)5;;;/h1-3H3;;;. The van der Waals surface area contributed by atoms with Crippen LogP contribution >= 0.6 is 15.9 Å². The molecule has 0 amide bonds. The highest BCUT2D eigenvalue weighted by molar-refractivity contribution is 9.10. The molecule has 0 bridgehead atoms. The molecule has 0 heterocycles. The Bertz CT molecular complexity index is 23.0. The lowest BCUT2D eigenvalue weighted by molar-refractivity contribution is 0.824. The first-order valence-electron chi connectivity index (χ1n) is 1.69. The second kappa shape index (κ2) is 3.27. The molecule has 0 rings (SSSR count). The van der Waals surface area contributed by atoms with E-state index in [0.29, 0.717) is 4.32 Å². The van der Waals surface area contributed by atoms with Gasteiger partial charge in [0.05, 0.1) is 0 Å². The molecule has 0 aromatic rings. The average molecular weight is 163 g/mol. The Hall–Kier alpha value is 1.25. The van der Waals surface area contributed by atoms with Gasteiger partial charge in [0.15, 0.2) is 0 Å². The second-order valence-electron chi connectivity index (χ2n) is 2.07. The van der Waals surface area contributed by atoms with Crippen LogP contribution in [0.1, 0.15) is 20.8 Å². The number of halogens is 1. The van der Waals surface area contributed by atoms with Gasteiger partial charge in [0, 0.05) is 4.32 Å². The largest absolute Gasteiger partial charge is 0.316 e. The fraction of sp³-hybridized carbons (Fsp3) is 1.00. The van der Waals surface area contributed by atoms with Crippen molar-refractivity contribution >= 4 is 39.0 Å². The van der Waals surface area contributed by atoms with Crippen LogP contribution in [0, 0.1) is 0 Å². The third kappa shape index (κ3) is 60.9. The molecule has 2 heteroatoms. The Morgan fingerprint density at radius 2 is 1.17 bits per heavy atom. The van der Waals surface area contributed by atoms with Crippen LogP contribution in [0.4, 0.5) is 0 Å². The summed E-state index contributed by atoms with van der Waals surface area (Å²) >= 11 is 3.38. The highest BCUT2D eigenvalue weighted by Gasteiger charge is 1.98. The first-order chi connectivity index (χ1) is 2.00. The highest BCUT2D eigenvalue weighted by Crippen LogP contribution is 2.11.